The first-order valence-electron chi connectivity index (χ1n) is 7.16. The van der Waals surface area contributed by atoms with Gasteiger partial charge in [0.1, 0.15) is 0 Å². The molecule has 24 heavy (non-hydrogen) atoms. The number of amides is 1. The molecule has 6 nitrogen and oxygen atoms in total. The van der Waals surface area contributed by atoms with Gasteiger partial charge in [0.2, 0.25) is 0 Å². The minimum absolute atomic E-state index is 0.115. The number of carbonyl (C=O) groups is 2. The van der Waals surface area contributed by atoms with Crippen LogP contribution in [0.25, 0.3) is 0 Å². The van der Waals surface area contributed by atoms with Crippen molar-refractivity contribution >= 4 is 23.6 Å². The van der Waals surface area contributed by atoms with E-state index in [0.717, 1.165) is 11.1 Å². The highest BCUT2D eigenvalue weighted by molar-refractivity contribution is 7.99. The molecule has 0 aliphatic heterocycles. The molecule has 0 aromatic heterocycles. The van der Waals surface area contributed by atoms with E-state index in [4.69, 9.17) is 20.6 Å². The second kappa shape index (κ2) is 10.4. The molecular weight excluding hydrogens is 330 g/mol. The highest BCUT2D eigenvalue weighted by Gasteiger charge is 2.11. The lowest BCUT2D eigenvalue weighted by molar-refractivity contribution is -0.145. The molecule has 1 N–H and O–H groups in total. The fraction of sp³-hybridized carbons (Fsp3) is 0.412. The fourth-order valence-corrected chi connectivity index (χ4v) is 2.69. The summed E-state index contributed by atoms with van der Waals surface area (Å²) in [6, 6.07) is 3.78. The van der Waals surface area contributed by atoms with Crippen LogP contribution in [-0.4, -0.2) is 45.0 Å². The summed E-state index contributed by atoms with van der Waals surface area (Å²) in [7, 11) is 3.16. The largest absolute Gasteiger partial charge is 0.493 e. The first kappa shape index (κ1) is 19.7. The molecule has 130 valence electrons. The molecule has 0 radical (unpaired) electrons. The standard InChI is InChI=1S/C17H21NO5S/c1-5-6-18-16(19)9-23-17(20)11-24-10-13-8-15(22-4)14(21-3)7-12(13)2/h1,7-8H,6,9-11H2,2-4H3,(H,18,19). The summed E-state index contributed by atoms with van der Waals surface area (Å²) in [5.74, 6) is 3.48. The van der Waals surface area contributed by atoms with Crippen molar-refractivity contribution in [3.63, 3.8) is 0 Å². The second-order valence-corrected chi connectivity index (χ2v) is 5.75. The Bertz CT molecular complexity index is 624. The molecule has 1 aromatic rings. The number of thioether (sulfide) groups is 1. The van der Waals surface area contributed by atoms with E-state index in [2.05, 4.69) is 11.2 Å². The Balaban J connectivity index is 2.43. The predicted octanol–water partition coefficient (Wildman–Crippen LogP) is 1.54. The number of benzene rings is 1. The lowest BCUT2D eigenvalue weighted by Crippen LogP contribution is -2.29. The van der Waals surface area contributed by atoms with E-state index in [-0.39, 0.29) is 18.9 Å². The summed E-state index contributed by atoms with van der Waals surface area (Å²) < 4.78 is 15.4. The van der Waals surface area contributed by atoms with E-state index in [1.807, 2.05) is 19.1 Å². The van der Waals surface area contributed by atoms with Crippen LogP contribution in [0, 0.1) is 19.3 Å². The highest BCUT2D eigenvalue weighted by Crippen LogP contribution is 2.31. The van der Waals surface area contributed by atoms with E-state index >= 15 is 0 Å². The van der Waals surface area contributed by atoms with Crippen LogP contribution >= 0.6 is 11.8 Å². The first-order chi connectivity index (χ1) is 11.5. The summed E-state index contributed by atoms with van der Waals surface area (Å²) >= 11 is 1.40. The minimum Gasteiger partial charge on any atom is -0.493 e. The SMILES string of the molecule is C#CCNC(=O)COC(=O)CSCc1cc(OC)c(OC)cc1C. The smallest absolute Gasteiger partial charge is 0.316 e. The molecular formula is C17H21NO5S. The lowest BCUT2D eigenvalue weighted by atomic mass is 10.1. The van der Waals surface area contributed by atoms with Crippen LogP contribution in [-0.2, 0) is 20.1 Å². The number of carbonyl (C=O) groups excluding carboxylic acids is 2. The van der Waals surface area contributed by atoms with Crippen molar-refractivity contribution in [3.05, 3.63) is 23.3 Å². The third-order valence-corrected chi connectivity index (χ3v) is 4.03. The molecule has 1 rings (SSSR count). The van der Waals surface area contributed by atoms with Crippen molar-refractivity contribution in [2.24, 2.45) is 0 Å². The molecule has 0 saturated heterocycles. The molecule has 0 atom stereocenters. The number of hydrogen-bond acceptors (Lipinski definition) is 6. The van der Waals surface area contributed by atoms with Crippen molar-refractivity contribution < 1.29 is 23.8 Å². The second-order valence-electron chi connectivity index (χ2n) is 4.77. The number of terminal acetylenes is 1. The van der Waals surface area contributed by atoms with Gasteiger partial charge in [-0.1, -0.05) is 5.92 Å². The van der Waals surface area contributed by atoms with E-state index in [1.54, 1.807) is 14.2 Å². The van der Waals surface area contributed by atoms with Gasteiger partial charge in [-0.05, 0) is 30.2 Å². The molecule has 0 spiro atoms. The zero-order valence-corrected chi connectivity index (χ0v) is 14.8. The van der Waals surface area contributed by atoms with Gasteiger partial charge in [0.25, 0.3) is 5.91 Å². The van der Waals surface area contributed by atoms with Gasteiger partial charge in [-0.3, -0.25) is 9.59 Å². The average molecular weight is 351 g/mol. The van der Waals surface area contributed by atoms with Crippen LogP contribution in [0.1, 0.15) is 11.1 Å². The third kappa shape index (κ3) is 6.42. The molecule has 0 heterocycles. The maximum atomic E-state index is 11.6. The van der Waals surface area contributed by atoms with Crippen molar-refractivity contribution in [1.82, 2.24) is 5.32 Å². The van der Waals surface area contributed by atoms with Gasteiger partial charge in [-0.15, -0.1) is 18.2 Å². The van der Waals surface area contributed by atoms with Crippen molar-refractivity contribution in [2.45, 2.75) is 12.7 Å². The number of rotatable bonds is 9. The summed E-state index contributed by atoms with van der Waals surface area (Å²) in [6.45, 7) is 1.76. The van der Waals surface area contributed by atoms with Crippen LogP contribution in [0.15, 0.2) is 12.1 Å². The molecule has 0 aliphatic rings. The van der Waals surface area contributed by atoms with Crippen LogP contribution in [0.5, 0.6) is 11.5 Å². The number of hydrogen-bond donors (Lipinski definition) is 1. The minimum atomic E-state index is -0.450. The number of ether oxygens (including phenoxy) is 3. The Morgan fingerprint density at radius 1 is 1.25 bits per heavy atom. The van der Waals surface area contributed by atoms with Crippen molar-refractivity contribution in [1.29, 1.82) is 0 Å². The molecule has 0 bridgehead atoms. The zero-order valence-electron chi connectivity index (χ0n) is 14.0. The van der Waals surface area contributed by atoms with Crippen LogP contribution in [0.4, 0.5) is 0 Å². The number of esters is 1. The highest BCUT2D eigenvalue weighted by atomic mass is 32.2. The first-order valence-corrected chi connectivity index (χ1v) is 8.32. The molecule has 1 amide bonds. The Morgan fingerprint density at radius 3 is 2.54 bits per heavy atom. The number of methoxy groups -OCH3 is 2. The number of aryl methyl sites for hydroxylation is 1. The van der Waals surface area contributed by atoms with Gasteiger partial charge in [0.05, 0.1) is 26.5 Å². The van der Waals surface area contributed by atoms with Crippen LogP contribution in [0.2, 0.25) is 0 Å². The normalized spacial score (nSPS) is 9.75. The average Bonchev–Trinajstić information content (AvgIpc) is 2.58. The third-order valence-electron chi connectivity index (χ3n) is 3.07. The van der Waals surface area contributed by atoms with E-state index in [9.17, 15) is 9.59 Å². The molecule has 0 fully saturated rings. The van der Waals surface area contributed by atoms with E-state index < -0.39 is 11.9 Å². The van der Waals surface area contributed by atoms with Gasteiger partial charge in [-0.25, -0.2) is 0 Å². The summed E-state index contributed by atoms with van der Waals surface area (Å²) in [5.41, 5.74) is 2.08. The van der Waals surface area contributed by atoms with E-state index in [1.165, 1.54) is 11.8 Å². The van der Waals surface area contributed by atoms with Crippen molar-refractivity contribution in [2.75, 3.05) is 33.1 Å². The predicted molar refractivity (Wildman–Crippen MR) is 93.2 cm³/mol. The summed E-state index contributed by atoms with van der Waals surface area (Å²) in [5, 5.41) is 2.42. The Kier molecular flexibility index (Phi) is 8.58. The summed E-state index contributed by atoms with van der Waals surface area (Å²) in [6.07, 6.45) is 5.01. The molecule has 0 saturated carbocycles. The molecule has 1 aromatic carbocycles. The lowest BCUT2D eigenvalue weighted by Gasteiger charge is -2.12. The Hall–Kier alpha value is -2.33. The monoisotopic (exact) mass is 351 g/mol. The van der Waals surface area contributed by atoms with Gasteiger partial charge in [0.15, 0.2) is 18.1 Å². The topological polar surface area (TPSA) is 73.9 Å². The van der Waals surface area contributed by atoms with Crippen LogP contribution in [0.3, 0.4) is 0 Å². The zero-order chi connectivity index (χ0) is 17.9. The van der Waals surface area contributed by atoms with Gasteiger partial charge in [0, 0.05) is 5.75 Å². The molecule has 0 unspecified atom stereocenters. The Labute approximate surface area is 146 Å². The molecule has 7 heteroatoms. The molecule has 0 aliphatic carbocycles. The van der Waals surface area contributed by atoms with Gasteiger partial charge < -0.3 is 19.5 Å². The fourth-order valence-electron chi connectivity index (χ4n) is 1.81. The number of nitrogens with one attached hydrogen (secondary N) is 1. The van der Waals surface area contributed by atoms with Gasteiger partial charge >= 0.3 is 5.97 Å². The van der Waals surface area contributed by atoms with E-state index in [0.29, 0.717) is 17.3 Å². The van der Waals surface area contributed by atoms with Crippen molar-refractivity contribution in [3.8, 4) is 23.8 Å². The quantitative estimate of drug-likeness (QED) is 0.537. The Morgan fingerprint density at radius 2 is 1.92 bits per heavy atom. The maximum Gasteiger partial charge on any atom is 0.316 e. The van der Waals surface area contributed by atoms with Gasteiger partial charge in [-0.2, -0.15) is 0 Å². The summed E-state index contributed by atoms with van der Waals surface area (Å²) in [4.78, 5) is 22.9. The van der Waals surface area contributed by atoms with Crippen LogP contribution < -0.4 is 14.8 Å². The maximum absolute atomic E-state index is 11.6.